The second-order valence-electron chi connectivity index (χ2n) is 14.0. The second kappa shape index (κ2) is 8.27. The molecule has 2 saturated heterocycles. The van der Waals surface area contributed by atoms with Crippen molar-refractivity contribution in [2.75, 3.05) is 19.6 Å². The van der Waals surface area contributed by atoms with Crippen LogP contribution in [0.3, 0.4) is 0 Å². The van der Waals surface area contributed by atoms with E-state index >= 15 is 0 Å². The highest BCUT2D eigenvalue weighted by molar-refractivity contribution is 5.91. The number of hydrogen-bond acceptors (Lipinski definition) is 4. The van der Waals surface area contributed by atoms with Gasteiger partial charge in [0.1, 0.15) is 0 Å². The van der Waals surface area contributed by atoms with Gasteiger partial charge in [0.2, 0.25) is 0 Å². The van der Waals surface area contributed by atoms with Gasteiger partial charge in [0.25, 0.3) is 0 Å². The fourth-order valence-corrected chi connectivity index (χ4v) is 10.4. The number of fused-ring (bicyclic) bond motifs is 6. The van der Waals surface area contributed by atoms with Crippen LogP contribution in [0.4, 0.5) is 0 Å². The van der Waals surface area contributed by atoms with Gasteiger partial charge >= 0.3 is 0 Å². The number of hydrogen-bond donors (Lipinski definition) is 1. The molecule has 35 heavy (non-hydrogen) atoms. The predicted molar refractivity (Wildman–Crippen MR) is 141 cm³/mol. The summed E-state index contributed by atoms with van der Waals surface area (Å²) in [6.07, 6.45) is 12.6. The quantitative estimate of drug-likeness (QED) is 0.518. The largest absolute Gasteiger partial charge is 0.369 e. The summed E-state index contributed by atoms with van der Waals surface area (Å²) in [6, 6.07) is 0.523. The number of nitrogens with zero attached hydrogens (tertiary/aromatic N) is 1. The Kier molecular flexibility index (Phi) is 5.76. The summed E-state index contributed by atoms with van der Waals surface area (Å²) < 4.78 is 7.19. The topological polar surface area (TPSA) is 55.6 Å². The van der Waals surface area contributed by atoms with Crippen molar-refractivity contribution in [1.29, 1.82) is 0 Å². The number of carbonyl (C=O) groups excluding carboxylic acids is 1. The first-order chi connectivity index (χ1) is 16.6. The van der Waals surface area contributed by atoms with Gasteiger partial charge in [-0.15, -0.1) is 0 Å². The van der Waals surface area contributed by atoms with Gasteiger partial charge in [0, 0.05) is 38.0 Å². The van der Waals surface area contributed by atoms with Gasteiger partial charge in [-0.2, -0.15) is 0 Å². The Labute approximate surface area is 213 Å². The van der Waals surface area contributed by atoms with E-state index in [0.29, 0.717) is 47.0 Å². The van der Waals surface area contributed by atoms with Crippen molar-refractivity contribution in [1.82, 2.24) is 4.90 Å². The van der Waals surface area contributed by atoms with Crippen LogP contribution in [0.1, 0.15) is 92.4 Å². The summed E-state index contributed by atoms with van der Waals surface area (Å²) in [5.41, 5.74) is 11.5. The molecule has 6 aliphatic rings. The Morgan fingerprint density at radius 1 is 1.17 bits per heavy atom. The predicted octanol–water partition coefficient (Wildman–Crippen LogP) is 5.66. The SMILES string of the molecule is CC1=C2C[C@H]3[C@@](C)(CCC4=CC(=O)CC[C@@]43C)[C@@H]2CC[C@@]2(C1)O[C@@H]1C[C@H](C)CN(CCN)[C@H]1[C@H]2C. The first-order valence-corrected chi connectivity index (χ1v) is 14.7. The molecule has 4 fully saturated rings. The van der Waals surface area contributed by atoms with E-state index in [9.17, 15) is 4.79 Å². The van der Waals surface area contributed by atoms with Crippen LogP contribution in [0, 0.1) is 34.5 Å². The third-order valence-corrected chi connectivity index (χ3v) is 12.2. The van der Waals surface area contributed by atoms with Crippen molar-refractivity contribution in [2.24, 2.45) is 40.2 Å². The molecule has 4 heteroatoms. The first-order valence-electron chi connectivity index (χ1n) is 14.7. The molecule has 0 radical (unpaired) electrons. The highest BCUT2D eigenvalue weighted by Gasteiger charge is 2.62. The molecular weight excluding hydrogens is 432 g/mol. The van der Waals surface area contributed by atoms with Crippen molar-refractivity contribution in [3.63, 3.8) is 0 Å². The number of ether oxygens (including phenoxy) is 1. The van der Waals surface area contributed by atoms with Crippen molar-refractivity contribution < 1.29 is 9.53 Å². The fraction of sp³-hybridized carbons (Fsp3) is 0.839. The number of rotatable bonds is 2. The summed E-state index contributed by atoms with van der Waals surface area (Å²) in [4.78, 5) is 14.9. The van der Waals surface area contributed by atoms with Crippen molar-refractivity contribution in [3.05, 3.63) is 22.8 Å². The lowest BCUT2D eigenvalue weighted by molar-refractivity contribution is -0.117. The van der Waals surface area contributed by atoms with E-state index < -0.39 is 0 Å². The molecule has 0 aromatic heterocycles. The second-order valence-corrected chi connectivity index (χ2v) is 14.0. The summed E-state index contributed by atoms with van der Waals surface area (Å²) in [5, 5.41) is 0. The Balaban J connectivity index is 1.32. The van der Waals surface area contributed by atoms with E-state index in [0.717, 1.165) is 38.8 Å². The van der Waals surface area contributed by atoms with E-state index in [2.05, 4.69) is 39.5 Å². The van der Waals surface area contributed by atoms with Crippen LogP contribution >= 0.6 is 0 Å². The minimum Gasteiger partial charge on any atom is -0.369 e. The number of likely N-dealkylation sites (tertiary alicyclic amines) is 1. The maximum absolute atomic E-state index is 12.2. The summed E-state index contributed by atoms with van der Waals surface area (Å²) in [7, 11) is 0. The summed E-state index contributed by atoms with van der Waals surface area (Å²) in [6.45, 7) is 15.3. The van der Waals surface area contributed by atoms with Gasteiger partial charge in [0.05, 0.1) is 11.7 Å². The standard InChI is InChI=1S/C31H48N2O2/c1-19-14-26-28(33(18-19)13-12-32)21(3)31(35-26)11-8-25-24(20(2)17-31)16-27-29(4)10-7-23(34)15-22(29)6-9-30(25,27)5/h15,19,21,25-28H,6-14,16-18,32H2,1-5H3/t19-,21+,25+,26+,27+,28-,29-,30-,31-/m0/s1. The first kappa shape index (κ1) is 24.4. The van der Waals surface area contributed by atoms with E-state index in [4.69, 9.17) is 10.5 Å². The number of piperidine rings is 1. The highest BCUT2D eigenvalue weighted by Crippen LogP contribution is 2.69. The van der Waals surface area contributed by atoms with Crippen LogP contribution in [-0.2, 0) is 9.53 Å². The van der Waals surface area contributed by atoms with Crippen LogP contribution in [0.2, 0.25) is 0 Å². The molecule has 2 aliphatic heterocycles. The monoisotopic (exact) mass is 480 g/mol. The smallest absolute Gasteiger partial charge is 0.155 e. The van der Waals surface area contributed by atoms with E-state index in [1.165, 1.54) is 44.2 Å². The Bertz CT molecular complexity index is 969. The Hall–Kier alpha value is -0.970. The summed E-state index contributed by atoms with van der Waals surface area (Å²) in [5.74, 6) is 2.95. The van der Waals surface area contributed by atoms with Crippen molar-refractivity contribution in [3.8, 4) is 0 Å². The van der Waals surface area contributed by atoms with Crippen LogP contribution in [0.15, 0.2) is 22.8 Å². The van der Waals surface area contributed by atoms with E-state index in [1.54, 1.807) is 11.1 Å². The molecule has 194 valence electrons. The zero-order chi connectivity index (χ0) is 24.8. The van der Waals surface area contributed by atoms with Gasteiger partial charge in [-0.25, -0.2) is 0 Å². The number of allylic oxidation sites excluding steroid dienone is 3. The van der Waals surface area contributed by atoms with Crippen LogP contribution in [0.25, 0.3) is 0 Å². The normalized spacial score (nSPS) is 49.9. The molecule has 1 spiro atoms. The fourth-order valence-electron chi connectivity index (χ4n) is 10.4. The maximum atomic E-state index is 12.2. The van der Waals surface area contributed by atoms with E-state index in [1.807, 2.05) is 6.08 Å². The molecule has 6 rings (SSSR count). The Morgan fingerprint density at radius 3 is 2.74 bits per heavy atom. The lowest BCUT2D eigenvalue weighted by Crippen LogP contribution is -2.53. The lowest BCUT2D eigenvalue weighted by atomic mass is 9.50. The minimum atomic E-state index is -0.0135. The molecule has 2 N–H and O–H groups in total. The molecule has 0 aromatic rings. The zero-order valence-electron chi connectivity index (χ0n) is 22.9. The minimum absolute atomic E-state index is 0.0135. The molecule has 0 amide bonds. The van der Waals surface area contributed by atoms with Crippen molar-refractivity contribution in [2.45, 2.75) is 110 Å². The molecule has 0 aromatic carbocycles. The molecule has 4 nitrogen and oxygen atoms in total. The number of nitrogens with two attached hydrogens (primary N) is 1. The molecule has 0 bridgehead atoms. The number of carbonyl (C=O) groups is 1. The molecule has 2 saturated carbocycles. The molecule has 4 aliphatic carbocycles. The van der Waals surface area contributed by atoms with Crippen LogP contribution in [-0.4, -0.2) is 48.1 Å². The molecule has 0 unspecified atom stereocenters. The molecular formula is C31H48N2O2. The highest BCUT2D eigenvalue weighted by atomic mass is 16.5. The van der Waals surface area contributed by atoms with Gasteiger partial charge in [-0.1, -0.05) is 44.4 Å². The van der Waals surface area contributed by atoms with E-state index in [-0.39, 0.29) is 11.0 Å². The lowest BCUT2D eigenvalue weighted by Gasteiger charge is -2.53. The van der Waals surface area contributed by atoms with Gasteiger partial charge in [-0.05, 0) is 93.0 Å². The van der Waals surface area contributed by atoms with Crippen LogP contribution < -0.4 is 5.73 Å². The number of ketones is 1. The van der Waals surface area contributed by atoms with Crippen LogP contribution in [0.5, 0.6) is 0 Å². The van der Waals surface area contributed by atoms with Gasteiger partial charge < -0.3 is 10.5 Å². The van der Waals surface area contributed by atoms with Gasteiger partial charge in [-0.3, -0.25) is 9.69 Å². The summed E-state index contributed by atoms with van der Waals surface area (Å²) >= 11 is 0. The Morgan fingerprint density at radius 2 is 1.97 bits per heavy atom. The maximum Gasteiger partial charge on any atom is 0.155 e. The van der Waals surface area contributed by atoms with Gasteiger partial charge in [0.15, 0.2) is 5.78 Å². The zero-order valence-corrected chi connectivity index (χ0v) is 22.9. The third kappa shape index (κ3) is 3.45. The average Bonchev–Trinajstić information content (AvgIpc) is 3.19. The van der Waals surface area contributed by atoms with Crippen molar-refractivity contribution >= 4 is 5.78 Å². The molecule has 9 atom stereocenters. The third-order valence-electron chi connectivity index (χ3n) is 12.2. The average molecular weight is 481 g/mol. The molecule has 2 heterocycles.